The lowest BCUT2D eigenvalue weighted by molar-refractivity contribution is -0.0391. The van der Waals surface area contributed by atoms with Gasteiger partial charge in [0.1, 0.15) is 11.1 Å². The van der Waals surface area contributed by atoms with Crippen molar-refractivity contribution in [3.63, 3.8) is 0 Å². The first-order valence-electron chi connectivity index (χ1n) is 4.38. The molecule has 0 aliphatic carbocycles. The van der Waals surface area contributed by atoms with Gasteiger partial charge in [0.2, 0.25) is 0 Å². The lowest BCUT2D eigenvalue weighted by Gasteiger charge is -2.20. The summed E-state index contributed by atoms with van der Waals surface area (Å²) in [4.78, 5) is 0.385. The van der Waals surface area contributed by atoms with Crippen LogP contribution in [0.15, 0.2) is 0 Å². The second-order valence-corrected chi connectivity index (χ2v) is 4.35. The Labute approximate surface area is 85.6 Å². The Morgan fingerprint density at radius 3 is 2.31 bits per heavy atom. The van der Waals surface area contributed by atoms with Crippen LogP contribution in [0.25, 0.3) is 0 Å². The fourth-order valence-electron chi connectivity index (χ4n) is 0.655. The van der Waals surface area contributed by atoms with Gasteiger partial charge in [0, 0.05) is 0 Å². The first-order valence-corrected chi connectivity index (χ1v) is 4.78. The van der Waals surface area contributed by atoms with Gasteiger partial charge in [-0.05, 0) is 27.7 Å². The van der Waals surface area contributed by atoms with Gasteiger partial charge in [0.05, 0.1) is 18.8 Å². The number of ether oxygens (including phenoxy) is 2. The van der Waals surface area contributed by atoms with Crippen molar-refractivity contribution in [2.45, 2.75) is 39.4 Å². The first kappa shape index (κ1) is 12.8. The third kappa shape index (κ3) is 8.15. The van der Waals surface area contributed by atoms with Gasteiger partial charge in [-0.25, -0.2) is 0 Å². The highest BCUT2D eigenvalue weighted by Gasteiger charge is 2.10. The van der Waals surface area contributed by atoms with E-state index in [1.807, 2.05) is 27.7 Å². The summed E-state index contributed by atoms with van der Waals surface area (Å²) < 4.78 is 10.8. The molecule has 0 fully saturated rings. The molecule has 1 atom stereocenters. The molecule has 13 heavy (non-hydrogen) atoms. The van der Waals surface area contributed by atoms with E-state index in [9.17, 15) is 0 Å². The van der Waals surface area contributed by atoms with Crippen LogP contribution in [0.1, 0.15) is 27.7 Å². The van der Waals surface area contributed by atoms with Gasteiger partial charge < -0.3 is 15.2 Å². The van der Waals surface area contributed by atoms with Crippen molar-refractivity contribution in [2.75, 3.05) is 13.2 Å². The summed E-state index contributed by atoms with van der Waals surface area (Å²) in [5, 5.41) is 0. The predicted octanol–water partition coefficient (Wildman–Crippen LogP) is 1.49. The lowest BCUT2D eigenvalue weighted by atomic mass is 10.2. The van der Waals surface area contributed by atoms with Crippen molar-refractivity contribution in [1.29, 1.82) is 0 Å². The van der Waals surface area contributed by atoms with E-state index in [-0.39, 0.29) is 11.7 Å². The molecule has 0 aromatic carbocycles. The summed E-state index contributed by atoms with van der Waals surface area (Å²) in [7, 11) is 0. The highest BCUT2D eigenvalue weighted by atomic mass is 32.1. The van der Waals surface area contributed by atoms with Crippen LogP contribution in [0, 0.1) is 0 Å². The zero-order valence-electron chi connectivity index (χ0n) is 8.79. The van der Waals surface area contributed by atoms with Crippen molar-refractivity contribution >= 4 is 17.2 Å². The molecule has 0 aromatic rings. The number of nitrogens with two attached hydrogens (primary N) is 1. The number of rotatable bonds is 5. The van der Waals surface area contributed by atoms with Crippen molar-refractivity contribution in [3.05, 3.63) is 0 Å². The van der Waals surface area contributed by atoms with Crippen molar-refractivity contribution in [3.8, 4) is 0 Å². The van der Waals surface area contributed by atoms with Gasteiger partial charge in [-0.3, -0.25) is 0 Å². The van der Waals surface area contributed by atoms with Gasteiger partial charge >= 0.3 is 0 Å². The molecule has 0 bridgehead atoms. The van der Waals surface area contributed by atoms with Crippen LogP contribution in [0.2, 0.25) is 0 Å². The Kier molecular flexibility index (Phi) is 5.44. The Balaban J connectivity index is 3.41. The summed E-state index contributed by atoms with van der Waals surface area (Å²) in [5.74, 6) is 0. The fourth-order valence-corrected chi connectivity index (χ4v) is 0.723. The molecule has 2 N–H and O–H groups in total. The van der Waals surface area contributed by atoms with Crippen LogP contribution in [-0.2, 0) is 9.47 Å². The van der Waals surface area contributed by atoms with Crippen molar-refractivity contribution < 1.29 is 9.47 Å². The highest BCUT2D eigenvalue weighted by molar-refractivity contribution is 7.80. The molecule has 0 aliphatic heterocycles. The molecule has 0 spiro atoms. The second-order valence-electron chi connectivity index (χ2n) is 3.88. The van der Waals surface area contributed by atoms with Crippen LogP contribution in [0.4, 0.5) is 0 Å². The standard InChI is InChI=1S/C9H19NO2S/c1-7(8(10)13)11-5-6-12-9(2,3)4/h7H,5-6H2,1-4H3,(H2,10,13). The molecular formula is C9H19NO2S. The Hall–Kier alpha value is -0.190. The minimum Gasteiger partial charge on any atom is -0.391 e. The summed E-state index contributed by atoms with van der Waals surface area (Å²) in [6, 6.07) is 0. The minimum absolute atomic E-state index is 0.115. The maximum Gasteiger partial charge on any atom is 0.105 e. The minimum atomic E-state index is -0.168. The molecule has 0 rings (SSSR count). The average molecular weight is 205 g/mol. The molecule has 3 nitrogen and oxygen atoms in total. The largest absolute Gasteiger partial charge is 0.391 e. The molecule has 0 aromatic heterocycles. The normalized spacial score (nSPS) is 14.2. The molecule has 4 heteroatoms. The topological polar surface area (TPSA) is 44.5 Å². The smallest absolute Gasteiger partial charge is 0.105 e. The predicted molar refractivity (Wildman–Crippen MR) is 57.9 cm³/mol. The number of thiocarbonyl (C=S) groups is 1. The van der Waals surface area contributed by atoms with Crippen LogP contribution in [0.3, 0.4) is 0 Å². The Morgan fingerprint density at radius 2 is 1.92 bits per heavy atom. The summed E-state index contributed by atoms with van der Waals surface area (Å²) in [6.07, 6.45) is -0.168. The average Bonchev–Trinajstić information content (AvgIpc) is 1.95. The van der Waals surface area contributed by atoms with Gasteiger partial charge in [0.15, 0.2) is 0 Å². The lowest BCUT2D eigenvalue weighted by Crippen LogP contribution is -2.29. The zero-order chi connectivity index (χ0) is 10.5. The molecule has 0 saturated heterocycles. The molecule has 78 valence electrons. The zero-order valence-corrected chi connectivity index (χ0v) is 9.61. The Bertz CT molecular complexity index is 165. The molecule has 0 radical (unpaired) electrons. The van der Waals surface area contributed by atoms with E-state index in [0.717, 1.165) is 0 Å². The maximum absolute atomic E-state index is 5.45. The SMILES string of the molecule is CC(OCCOC(C)(C)C)C(N)=S. The van der Waals surface area contributed by atoms with E-state index >= 15 is 0 Å². The number of hydrogen-bond donors (Lipinski definition) is 1. The summed E-state index contributed by atoms with van der Waals surface area (Å²) in [5.41, 5.74) is 5.25. The third-order valence-electron chi connectivity index (χ3n) is 1.39. The molecule has 0 amide bonds. The maximum atomic E-state index is 5.45. The van der Waals surface area contributed by atoms with E-state index in [0.29, 0.717) is 18.2 Å². The van der Waals surface area contributed by atoms with E-state index < -0.39 is 0 Å². The van der Waals surface area contributed by atoms with Crippen molar-refractivity contribution in [2.24, 2.45) is 5.73 Å². The second kappa shape index (κ2) is 5.52. The molecule has 0 saturated carbocycles. The van der Waals surface area contributed by atoms with E-state index in [2.05, 4.69) is 0 Å². The molecular weight excluding hydrogens is 186 g/mol. The van der Waals surface area contributed by atoms with Crippen LogP contribution >= 0.6 is 12.2 Å². The Morgan fingerprint density at radius 1 is 1.38 bits per heavy atom. The summed E-state index contributed by atoms with van der Waals surface area (Å²) >= 11 is 4.75. The van der Waals surface area contributed by atoms with Gasteiger partial charge in [-0.15, -0.1) is 0 Å². The van der Waals surface area contributed by atoms with Crippen LogP contribution in [-0.4, -0.2) is 29.9 Å². The third-order valence-corrected chi connectivity index (χ3v) is 1.72. The van der Waals surface area contributed by atoms with Gasteiger partial charge in [0.25, 0.3) is 0 Å². The monoisotopic (exact) mass is 205 g/mol. The highest BCUT2D eigenvalue weighted by Crippen LogP contribution is 2.05. The van der Waals surface area contributed by atoms with E-state index in [1.54, 1.807) is 0 Å². The quantitative estimate of drug-likeness (QED) is 0.545. The molecule has 1 unspecified atom stereocenters. The number of hydrogen-bond acceptors (Lipinski definition) is 3. The molecule has 0 heterocycles. The van der Waals surface area contributed by atoms with Gasteiger partial charge in [-0.1, -0.05) is 12.2 Å². The fraction of sp³-hybridized carbons (Fsp3) is 0.889. The van der Waals surface area contributed by atoms with Gasteiger partial charge in [-0.2, -0.15) is 0 Å². The van der Waals surface area contributed by atoms with Crippen LogP contribution < -0.4 is 5.73 Å². The van der Waals surface area contributed by atoms with Crippen LogP contribution in [0.5, 0.6) is 0 Å². The van der Waals surface area contributed by atoms with Crippen molar-refractivity contribution in [1.82, 2.24) is 0 Å². The van der Waals surface area contributed by atoms with E-state index in [1.165, 1.54) is 0 Å². The molecule has 0 aliphatic rings. The van der Waals surface area contributed by atoms with E-state index in [4.69, 9.17) is 27.4 Å². The summed E-state index contributed by atoms with van der Waals surface area (Å²) in [6.45, 7) is 8.93. The first-order chi connectivity index (χ1) is 5.83.